The molecule has 1 aliphatic heterocycles. The lowest BCUT2D eigenvalue weighted by Crippen LogP contribution is -2.29. The third-order valence-electron chi connectivity index (χ3n) is 3.29. The molecular weight excluding hydrogens is 377 g/mol. The molecule has 0 bridgehead atoms. The number of carbonyl (C=O) groups excluding carboxylic acids is 2. The fourth-order valence-electron chi connectivity index (χ4n) is 2.27. The van der Waals surface area contributed by atoms with Crippen molar-refractivity contribution in [2.75, 3.05) is 4.90 Å². The largest absolute Gasteiger partial charge is 0.300 e. The molecular formula is C15H8BrCl2NO2. The number of ketones is 1. The fraction of sp³-hybridized carbons (Fsp3) is 0.0667. The second kappa shape index (κ2) is 5.44. The van der Waals surface area contributed by atoms with Gasteiger partial charge >= 0.3 is 0 Å². The number of amides is 1. The van der Waals surface area contributed by atoms with Crippen LogP contribution in [0.1, 0.15) is 15.9 Å². The lowest BCUT2D eigenvalue weighted by atomic mass is 10.1. The summed E-state index contributed by atoms with van der Waals surface area (Å²) in [6.45, 7) is 0.202. The summed E-state index contributed by atoms with van der Waals surface area (Å²) in [5, 5.41) is 0.810. The molecule has 0 N–H and O–H groups in total. The molecule has 2 aromatic rings. The van der Waals surface area contributed by atoms with Crippen LogP contribution in [0.3, 0.4) is 0 Å². The van der Waals surface area contributed by atoms with E-state index in [9.17, 15) is 9.59 Å². The topological polar surface area (TPSA) is 37.4 Å². The normalized spacial score (nSPS) is 13.8. The summed E-state index contributed by atoms with van der Waals surface area (Å²) in [5.41, 5.74) is 1.68. The molecule has 6 heteroatoms. The first-order valence-corrected chi connectivity index (χ1v) is 7.62. The van der Waals surface area contributed by atoms with Crippen LogP contribution in [0.25, 0.3) is 0 Å². The Morgan fingerprint density at radius 1 is 1.10 bits per heavy atom. The number of carbonyl (C=O) groups is 2. The summed E-state index contributed by atoms with van der Waals surface area (Å²) in [6, 6.07) is 10.3. The molecule has 0 atom stereocenters. The number of nitrogens with zero attached hydrogens (tertiary/aromatic N) is 1. The van der Waals surface area contributed by atoms with E-state index < -0.39 is 11.7 Å². The lowest BCUT2D eigenvalue weighted by Gasteiger charge is -2.18. The Morgan fingerprint density at radius 2 is 1.86 bits per heavy atom. The van der Waals surface area contributed by atoms with Gasteiger partial charge in [-0.05, 0) is 29.8 Å². The molecule has 0 unspecified atom stereocenters. The highest BCUT2D eigenvalue weighted by Crippen LogP contribution is 2.34. The zero-order chi connectivity index (χ0) is 15.1. The average molecular weight is 385 g/mol. The molecule has 0 aromatic heterocycles. The maximum atomic E-state index is 12.2. The van der Waals surface area contributed by atoms with Gasteiger partial charge in [0, 0.05) is 4.47 Å². The summed E-state index contributed by atoms with van der Waals surface area (Å²) in [4.78, 5) is 25.6. The smallest absolute Gasteiger partial charge is 0.299 e. The standard InChI is InChI=1S/C15H8BrCl2NO2/c16-9-4-5-10-12(6-9)19(15(21)14(10)20)7-8-2-1-3-11(17)13(8)18/h1-6H,7H2. The van der Waals surface area contributed by atoms with Crippen molar-refractivity contribution in [3.63, 3.8) is 0 Å². The Balaban J connectivity index is 2.04. The van der Waals surface area contributed by atoms with E-state index in [-0.39, 0.29) is 6.54 Å². The van der Waals surface area contributed by atoms with Crippen molar-refractivity contribution in [2.45, 2.75) is 6.54 Å². The Hall–Kier alpha value is -1.36. The molecule has 0 spiro atoms. The van der Waals surface area contributed by atoms with E-state index in [1.54, 1.807) is 36.4 Å². The quantitative estimate of drug-likeness (QED) is 0.715. The van der Waals surface area contributed by atoms with Gasteiger partial charge in [-0.15, -0.1) is 0 Å². The van der Waals surface area contributed by atoms with E-state index in [1.165, 1.54) is 4.90 Å². The van der Waals surface area contributed by atoms with Crippen LogP contribution in [0.15, 0.2) is 40.9 Å². The van der Waals surface area contributed by atoms with E-state index in [2.05, 4.69) is 15.9 Å². The van der Waals surface area contributed by atoms with Crippen molar-refractivity contribution in [3.8, 4) is 0 Å². The van der Waals surface area contributed by atoms with E-state index in [0.717, 1.165) is 4.47 Å². The minimum absolute atomic E-state index is 0.202. The molecule has 0 radical (unpaired) electrons. The monoisotopic (exact) mass is 383 g/mol. The highest BCUT2D eigenvalue weighted by atomic mass is 79.9. The number of Topliss-reactive ketones (excluding diaryl/α,β-unsaturated/α-hetero) is 1. The molecule has 0 saturated carbocycles. The van der Waals surface area contributed by atoms with Gasteiger partial charge in [-0.2, -0.15) is 0 Å². The number of hydrogen-bond donors (Lipinski definition) is 0. The van der Waals surface area contributed by atoms with Crippen LogP contribution in [-0.4, -0.2) is 11.7 Å². The maximum absolute atomic E-state index is 12.2. The summed E-state index contributed by atoms with van der Waals surface area (Å²) in [7, 11) is 0. The molecule has 0 aliphatic carbocycles. The lowest BCUT2D eigenvalue weighted by molar-refractivity contribution is -0.114. The molecule has 0 saturated heterocycles. The predicted octanol–water partition coefficient (Wildman–Crippen LogP) is 4.49. The van der Waals surface area contributed by atoms with Gasteiger partial charge in [-0.25, -0.2) is 0 Å². The summed E-state index contributed by atoms with van der Waals surface area (Å²) >= 11 is 15.5. The number of fused-ring (bicyclic) bond motifs is 1. The molecule has 2 aromatic carbocycles. The van der Waals surface area contributed by atoms with Gasteiger partial charge in [0.25, 0.3) is 11.7 Å². The molecule has 3 nitrogen and oxygen atoms in total. The van der Waals surface area contributed by atoms with Crippen molar-refractivity contribution < 1.29 is 9.59 Å². The molecule has 3 rings (SSSR count). The Labute approximate surface area is 139 Å². The first kappa shape index (κ1) is 14.6. The highest BCUT2D eigenvalue weighted by Gasteiger charge is 2.36. The summed E-state index contributed by atoms with van der Waals surface area (Å²) < 4.78 is 0.797. The van der Waals surface area contributed by atoms with Gasteiger partial charge < -0.3 is 4.90 Å². The summed E-state index contributed by atoms with van der Waals surface area (Å²) in [5.74, 6) is -1.06. The summed E-state index contributed by atoms with van der Waals surface area (Å²) in [6.07, 6.45) is 0. The van der Waals surface area contributed by atoms with Crippen molar-refractivity contribution in [1.29, 1.82) is 0 Å². The van der Waals surface area contributed by atoms with Crippen molar-refractivity contribution in [3.05, 3.63) is 62.0 Å². The van der Waals surface area contributed by atoms with Gasteiger partial charge in [0.15, 0.2) is 0 Å². The molecule has 0 fully saturated rings. The van der Waals surface area contributed by atoms with E-state index >= 15 is 0 Å². The SMILES string of the molecule is O=C1C(=O)N(Cc2cccc(Cl)c2Cl)c2cc(Br)ccc21. The Kier molecular flexibility index (Phi) is 3.78. The maximum Gasteiger partial charge on any atom is 0.299 e. The second-order valence-corrected chi connectivity index (χ2v) is 6.30. The van der Waals surface area contributed by atoms with Crippen LogP contribution < -0.4 is 4.90 Å². The van der Waals surface area contributed by atoms with Crippen LogP contribution in [-0.2, 0) is 11.3 Å². The zero-order valence-electron chi connectivity index (χ0n) is 10.6. The van der Waals surface area contributed by atoms with Gasteiger partial charge in [-0.1, -0.05) is 51.3 Å². The molecule has 1 amide bonds. The minimum atomic E-state index is -0.556. The number of benzene rings is 2. The Bertz CT molecular complexity index is 776. The van der Waals surface area contributed by atoms with Crippen LogP contribution in [0.5, 0.6) is 0 Å². The van der Waals surface area contributed by atoms with Crippen LogP contribution in [0, 0.1) is 0 Å². The van der Waals surface area contributed by atoms with Crippen LogP contribution in [0.4, 0.5) is 5.69 Å². The van der Waals surface area contributed by atoms with Crippen LogP contribution in [0.2, 0.25) is 10.0 Å². The van der Waals surface area contributed by atoms with E-state index in [0.29, 0.717) is 26.9 Å². The fourth-order valence-corrected chi connectivity index (χ4v) is 2.99. The van der Waals surface area contributed by atoms with Crippen molar-refractivity contribution >= 4 is 56.5 Å². The third kappa shape index (κ3) is 2.48. The molecule has 1 heterocycles. The number of anilines is 1. The number of rotatable bonds is 2. The van der Waals surface area contributed by atoms with Crippen LogP contribution >= 0.6 is 39.1 Å². The average Bonchev–Trinajstić information content (AvgIpc) is 2.68. The second-order valence-electron chi connectivity index (χ2n) is 4.59. The van der Waals surface area contributed by atoms with Crippen molar-refractivity contribution in [1.82, 2.24) is 0 Å². The number of hydrogen-bond acceptors (Lipinski definition) is 2. The van der Waals surface area contributed by atoms with Gasteiger partial charge in [0.1, 0.15) is 0 Å². The van der Waals surface area contributed by atoms with E-state index in [1.807, 2.05) is 0 Å². The number of halogens is 3. The predicted molar refractivity (Wildman–Crippen MR) is 86.1 cm³/mol. The minimum Gasteiger partial charge on any atom is -0.300 e. The molecule has 1 aliphatic rings. The third-order valence-corrected chi connectivity index (χ3v) is 4.65. The first-order valence-electron chi connectivity index (χ1n) is 6.07. The van der Waals surface area contributed by atoms with Gasteiger partial charge in [0.05, 0.1) is 27.8 Å². The zero-order valence-corrected chi connectivity index (χ0v) is 13.7. The molecule has 21 heavy (non-hydrogen) atoms. The molecule has 106 valence electrons. The Morgan fingerprint density at radius 3 is 2.62 bits per heavy atom. The van der Waals surface area contributed by atoms with Gasteiger partial charge in [-0.3, -0.25) is 9.59 Å². The van der Waals surface area contributed by atoms with Gasteiger partial charge in [0.2, 0.25) is 0 Å². The van der Waals surface area contributed by atoms with Crippen molar-refractivity contribution in [2.24, 2.45) is 0 Å². The van der Waals surface area contributed by atoms with E-state index in [4.69, 9.17) is 23.2 Å². The highest BCUT2D eigenvalue weighted by molar-refractivity contribution is 9.10. The first-order chi connectivity index (χ1) is 9.99.